The molecule has 3 amide bonds. The second-order valence-corrected chi connectivity index (χ2v) is 9.41. The summed E-state index contributed by atoms with van der Waals surface area (Å²) in [5.41, 5.74) is 6.86. The van der Waals surface area contributed by atoms with Crippen LogP contribution in [-0.4, -0.2) is 48.8 Å². The number of anilines is 1. The molecule has 1 heterocycles. The average Bonchev–Trinajstić information content (AvgIpc) is 3.21. The Hall–Kier alpha value is -3.06. The maximum Gasteiger partial charge on any atom is 0.269 e. The molecular weight excluding hydrogens is 440 g/mol. The molecule has 8 heteroatoms. The molecule has 1 aliphatic carbocycles. The fourth-order valence-electron chi connectivity index (χ4n) is 4.96. The number of likely N-dealkylation sites (tertiary alicyclic amines) is 1. The Bertz CT molecular complexity index is 1060. The minimum absolute atomic E-state index is 0.0217. The molecule has 0 aromatic heterocycles. The first-order valence-corrected chi connectivity index (χ1v) is 11.7. The summed E-state index contributed by atoms with van der Waals surface area (Å²) in [5, 5.41) is 0.480. The SMILES string of the molecule is CN(C)c1cccc(C(=O)NNC(=O)C2CC3CCCCC3N2C(=O)c2cccc(Cl)c2)c1. The van der Waals surface area contributed by atoms with Crippen LogP contribution in [0.2, 0.25) is 5.02 Å². The lowest BCUT2D eigenvalue weighted by molar-refractivity contribution is -0.126. The predicted molar refractivity (Wildman–Crippen MR) is 128 cm³/mol. The Labute approximate surface area is 199 Å². The summed E-state index contributed by atoms with van der Waals surface area (Å²) in [6.07, 6.45) is 4.61. The summed E-state index contributed by atoms with van der Waals surface area (Å²) in [6.45, 7) is 0. The van der Waals surface area contributed by atoms with Crippen LogP contribution in [0.25, 0.3) is 0 Å². The standard InChI is InChI=1S/C25H29ClN4O3/c1-29(2)20-11-6-8-17(14-20)23(31)27-28-24(32)22-15-16-7-3-4-12-21(16)30(22)25(33)18-9-5-10-19(26)13-18/h5-6,8-11,13-14,16,21-22H,3-4,7,12,15H2,1-2H3,(H,27,31)(H,28,32). The number of halogens is 1. The molecule has 7 nitrogen and oxygen atoms in total. The van der Waals surface area contributed by atoms with Crippen LogP contribution in [0.1, 0.15) is 52.8 Å². The van der Waals surface area contributed by atoms with Gasteiger partial charge in [0.2, 0.25) is 0 Å². The highest BCUT2D eigenvalue weighted by Gasteiger charge is 2.47. The number of carbonyl (C=O) groups is 3. The molecule has 0 spiro atoms. The first-order valence-electron chi connectivity index (χ1n) is 11.3. The number of nitrogens with one attached hydrogen (secondary N) is 2. The third-order valence-electron chi connectivity index (χ3n) is 6.62. The van der Waals surface area contributed by atoms with Gasteiger partial charge < -0.3 is 9.80 Å². The van der Waals surface area contributed by atoms with Gasteiger partial charge in [-0.1, -0.05) is 36.6 Å². The fraction of sp³-hybridized carbons (Fsp3) is 0.400. The molecule has 1 aliphatic heterocycles. The first kappa shape index (κ1) is 23.1. The van der Waals surface area contributed by atoms with Crippen molar-refractivity contribution < 1.29 is 14.4 Å². The number of amides is 3. The molecule has 0 radical (unpaired) electrons. The molecule has 3 atom stereocenters. The van der Waals surface area contributed by atoms with E-state index in [2.05, 4.69) is 10.9 Å². The van der Waals surface area contributed by atoms with Gasteiger partial charge in [-0.25, -0.2) is 0 Å². The molecule has 2 aromatic carbocycles. The van der Waals surface area contributed by atoms with Gasteiger partial charge in [-0.15, -0.1) is 0 Å². The van der Waals surface area contributed by atoms with Crippen molar-refractivity contribution in [3.05, 3.63) is 64.7 Å². The van der Waals surface area contributed by atoms with Gasteiger partial charge in [-0.2, -0.15) is 0 Å². The summed E-state index contributed by atoms with van der Waals surface area (Å²) >= 11 is 6.10. The normalized spacial score (nSPS) is 21.8. The van der Waals surface area contributed by atoms with Gasteiger partial charge in [0.15, 0.2) is 0 Å². The lowest BCUT2D eigenvalue weighted by Gasteiger charge is -2.33. The molecule has 2 aromatic rings. The van der Waals surface area contributed by atoms with E-state index in [1.807, 2.05) is 25.1 Å². The molecule has 174 valence electrons. The predicted octanol–water partition coefficient (Wildman–Crippen LogP) is 3.64. The van der Waals surface area contributed by atoms with Crippen molar-refractivity contribution in [2.24, 2.45) is 5.92 Å². The second-order valence-electron chi connectivity index (χ2n) is 8.97. The lowest BCUT2D eigenvalue weighted by atomic mass is 9.84. The van der Waals surface area contributed by atoms with Crippen molar-refractivity contribution in [2.45, 2.75) is 44.2 Å². The van der Waals surface area contributed by atoms with Gasteiger partial charge in [0.1, 0.15) is 6.04 Å². The highest BCUT2D eigenvalue weighted by molar-refractivity contribution is 6.31. The summed E-state index contributed by atoms with van der Waals surface area (Å²) in [6, 6.07) is 13.3. The summed E-state index contributed by atoms with van der Waals surface area (Å²) in [4.78, 5) is 42.8. The molecule has 1 saturated heterocycles. The minimum Gasteiger partial charge on any atom is -0.378 e. The van der Waals surface area contributed by atoms with E-state index in [4.69, 9.17) is 11.6 Å². The maximum absolute atomic E-state index is 13.4. The van der Waals surface area contributed by atoms with Crippen molar-refractivity contribution in [1.29, 1.82) is 0 Å². The van der Waals surface area contributed by atoms with Crippen LogP contribution in [0.15, 0.2) is 48.5 Å². The number of hydrazine groups is 1. The Morgan fingerprint density at radius 3 is 2.45 bits per heavy atom. The summed E-state index contributed by atoms with van der Waals surface area (Å²) < 4.78 is 0. The van der Waals surface area contributed by atoms with Crippen LogP contribution in [0.5, 0.6) is 0 Å². The largest absolute Gasteiger partial charge is 0.378 e. The third-order valence-corrected chi connectivity index (χ3v) is 6.86. The Balaban J connectivity index is 1.49. The van der Waals surface area contributed by atoms with Crippen LogP contribution < -0.4 is 15.8 Å². The second kappa shape index (κ2) is 9.83. The number of hydrogen-bond donors (Lipinski definition) is 2. The molecule has 3 unspecified atom stereocenters. The van der Waals surface area contributed by atoms with Gasteiger partial charge in [-0.05, 0) is 61.6 Å². The van der Waals surface area contributed by atoms with Crippen LogP contribution >= 0.6 is 11.6 Å². The molecule has 2 aliphatic rings. The highest BCUT2D eigenvalue weighted by Crippen LogP contribution is 2.40. The number of hydrogen-bond acceptors (Lipinski definition) is 4. The Kier molecular flexibility index (Phi) is 6.88. The molecule has 0 bridgehead atoms. The molecular formula is C25H29ClN4O3. The van der Waals surface area contributed by atoms with Gasteiger partial charge >= 0.3 is 0 Å². The maximum atomic E-state index is 13.4. The fourth-order valence-corrected chi connectivity index (χ4v) is 5.15. The van der Waals surface area contributed by atoms with Crippen LogP contribution in [0.3, 0.4) is 0 Å². The molecule has 1 saturated carbocycles. The van der Waals surface area contributed by atoms with E-state index in [1.165, 1.54) is 0 Å². The van der Waals surface area contributed by atoms with Crippen molar-refractivity contribution in [1.82, 2.24) is 15.8 Å². The highest BCUT2D eigenvalue weighted by atomic mass is 35.5. The summed E-state index contributed by atoms with van der Waals surface area (Å²) in [7, 11) is 3.79. The van der Waals surface area contributed by atoms with Crippen LogP contribution in [0.4, 0.5) is 5.69 Å². The topological polar surface area (TPSA) is 81.8 Å². The number of carbonyl (C=O) groups excluding carboxylic acids is 3. The van der Waals surface area contributed by atoms with E-state index >= 15 is 0 Å². The van der Waals surface area contributed by atoms with Crippen molar-refractivity contribution in [2.75, 3.05) is 19.0 Å². The van der Waals surface area contributed by atoms with Gasteiger partial charge in [0.05, 0.1) is 0 Å². The molecule has 33 heavy (non-hydrogen) atoms. The molecule has 2 N–H and O–H groups in total. The van der Waals surface area contributed by atoms with E-state index in [1.54, 1.807) is 47.4 Å². The zero-order chi connectivity index (χ0) is 23.5. The quantitative estimate of drug-likeness (QED) is 0.671. The van der Waals surface area contributed by atoms with E-state index in [0.717, 1.165) is 31.4 Å². The number of rotatable bonds is 4. The van der Waals surface area contributed by atoms with Crippen molar-refractivity contribution in [3.63, 3.8) is 0 Å². The van der Waals surface area contributed by atoms with E-state index < -0.39 is 11.9 Å². The first-order chi connectivity index (χ1) is 15.8. The smallest absolute Gasteiger partial charge is 0.269 e. The monoisotopic (exact) mass is 468 g/mol. The number of benzene rings is 2. The Morgan fingerprint density at radius 1 is 0.970 bits per heavy atom. The molecule has 4 rings (SSSR count). The summed E-state index contributed by atoms with van der Waals surface area (Å²) in [5.74, 6) is -0.700. The van der Waals surface area contributed by atoms with E-state index in [-0.39, 0.29) is 23.8 Å². The van der Waals surface area contributed by atoms with Gasteiger partial charge in [-0.3, -0.25) is 25.2 Å². The zero-order valence-corrected chi connectivity index (χ0v) is 19.6. The van der Waals surface area contributed by atoms with Crippen molar-refractivity contribution >= 4 is 35.0 Å². The van der Waals surface area contributed by atoms with Gasteiger partial charge in [0.25, 0.3) is 17.7 Å². The zero-order valence-electron chi connectivity index (χ0n) is 18.9. The number of nitrogens with zero attached hydrogens (tertiary/aromatic N) is 2. The number of fused-ring (bicyclic) bond motifs is 1. The van der Waals surface area contributed by atoms with Crippen LogP contribution in [0, 0.1) is 5.92 Å². The lowest BCUT2D eigenvalue weighted by Crippen LogP contribution is -2.53. The molecule has 2 fully saturated rings. The average molecular weight is 469 g/mol. The Morgan fingerprint density at radius 2 is 1.70 bits per heavy atom. The van der Waals surface area contributed by atoms with Crippen LogP contribution in [-0.2, 0) is 4.79 Å². The van der Waals surface area contributed by atoms with E-state index in [0.29, 0.717) is 22.6 Å². The van der Waals surface area contributed by atoms with E-state index in [9.17, 15) is 14.4 Å². The van der Waals surface area contributed by atoms with Gasteiger partial charge in [0, 0.05) is 42.0 Å². The van der Waals surface area contributed by atoms with Crippen molar-refractivity contribution in [3.8, 4) is 0 Å². The minimum atomic E-state index is -0.641. The third kappa shape index (κ3) is 4.98.